The quantitative estimate of drug-likeness (QED) is 0.564. The zero-order valence-electron chi connectivity index (χ0n) is 21.0. The second kappa shape index (κ2) is 11.3. The number of rotatable bonds is 9. The lowest BCUT2D eigenvalue weighted by molar-refractivity contribution is -0.118. The Morgan fingerprint density at radius 2 is 1.65 bits per heavy atom. The first-order chi connectivity index (χ1) is 16.1. The standard InChI is InChI=1S/C26H38N4O3S/c1-6-29-13-15-30(16-14-29)22-9-12-24(21(5)18-22)27-26(31)25(17-19(2)3)28-34(32,33)23-10-7-20(4)8-11-23/h7-12,18-19,25,28H,6,13-17H2,1-5H3,(H,27,31). The van der Waals surface area contributed by atoms with Crippen molar-refractivity contribution in [1.29, 1.82) is 0 Å². The van der Waals surface area contributed by atoms with Crippen molar-refractivity contribution in [3.05, 3.63) is 53.6 Å². The molecule has 7 nitrogen and oxygen atoms in total. The molecule has 8 heteroatoms. The van der Waals surface area contributed by atoms with Crippen LogP contribution in [0.1, 0.15) is 38.3 Å². The Kier molecular flexibility index (Phi) is 8.73. The molecule has 0 radical (unpaired) electrons. The van der Waals surface area contributed by atoms with Crippen LogP contribution in [0, 0.1) is 19.8 Å². The van der Waals surface area contributed by atoms with E-state index < -0.39 is 16.1 Å². The molecule has 0 spiro atoms. The molecule has 1 amide bonds. The van der Waals surface area contributed by atoms with Crippen LogP contribution in [0.15, 0.2) is 47.4 Å². The van der Waals surface area contributed by atoms with Gasteiger partial charge in [-0.05, 0) is 68.6 Å². The van der Waals surface area contributed by atoms with E-state index in [9.17, 15) is 13.2 Å². The van der Waals surface area contributed by atoms with Gasteiger partial charge in [0.1, 0.15) is 6.04 Å². The van der Waals surface area contributed by atoms with Gasteiger partial charge in [0.15, 0.2) is 0 Å². The van der Waals surface area contributed by atoms with Crippen molar-refractivity contribution in [2.24, 2.45) is 5.92 Å². The van der Waals surface area contributed by atoms with Gasteiger partial charge in [-0.3, -0.25) is 4.79 Å². The lowest BCUT2D eigenvalue weighted by Crippen LogP contribution is -2.46. The number of anilines is 2. The van der Waals surface area contributed by atoms with E-state index in [0.717, 1.165) is 49.5 Å². The first-order valence-corrected chi connectivity index (χ1v) is 13.5. The monoisotopic (exact) mass is 486 g/mol. The lowest BCUT2D eigenvalue weighted by atomic mass is 10.0. The minimum Gasteiger partial charge on any atom is -0.369 e. The van der Waals surface area contributed by atoms with Crippen LogP contribution in [0.5, 0.6) is 0 Å². The summed E-state index contributed by atoms with van der Waals surface area (Å²) in [4.78, 5) is 18.1. The maximum atomic E-state index is 13.2. The van der Waals surface area contributed by atoms with Crippen LogP contribution >= 0.6 is 0 Å². The van der Waals surface area contributed by atoms with Crippen LogP contribution in [-0.2, 0) is 14.8 Å². The van der Waals surface area contributed by atoms with E-state index in [1.807, 2.05) is 39.8 Å². The van der Waals surface area contributed by atoms with Gasteiger partial charge in [-0.15, -0.1) is 0 Å². The second-order valence-corrected chi connectivity index (χ2v) is 11.2. The molecule has 186 valence electrons. The number of piperazine rings is 1. The summed E-state index contributed by atoms with van der Waals surface area (Å²) in [5.74, 6) is -0.210. The summed E-state index contributed by atoms with van der Waals surface area (Å²) in [7, 11) is -3.82. The van der Waals surface area contributed by atoms with Crippen molar-refractivity contribution in [3.63, 3.8) is 0 Å². The van der Waals surface area contributed by atoms with Crippen LogP contribution < -0.4 is 14.9 Å². The average molecular weight is 487 g/mol. The number of hydrogen-bond acceptors (Lipinski definition) is 5. The fraction of sp³-hybridized carbons (Fsp3) is 0.500. The normalized spacial score (nSPS) is 16.0. The summed E-state index contributed by atoms with van der Waals surface area (Å²) in [6, 6.07) is 11.8. The van der Waals surface area contributed by atoms with E-state index in [2.05, 4.69) is 32.8 Å². The summed E-state index contributed by atoms with van der Waals surface area (Å²) in [6.45, 7) is 15.1. The first kappa shape index (κ1) is 26.2. The average Bonchev–Trinajstić information content (AvgIpc) is 2.80. The van der Waals surface area contributed by atoms with Crippen molar-refractivity contribution >= 4 is 27.3 Å². The zero-order chi connectivity index (χ0) is 24.9. The molecule has 3 rings (SSSR count). The molecule has 34 heavy (non-hydrogen) atoms. The lowest BCUT2D eigenvalue weighted by Gasteiger charge is -2.35. The molecule has 1 fully saturated rings. The molecule has 0 aromatic heterocycles. The van der Waals surface area contributed by atoms with Crippen molar-refractivity contribution in [2.75, 3.05) is 42.9 Å². The minimum absolute atomic E-state index is 0.140. The fourth-order valence-corrected chi connectivity index (χ4v) is 5.39. The van der Waals surface area contributed by atoms with Gasteiger partial charge in [0, 0.05) is 37.6 Å². The third-order valence-electron chi connectivity index (χ3n) is 6.30. The van der Waals surface area contributed by atoms with Gasteiger partial charge in [-0.2, -0.15) is 4.72 Å². The highest BCUT2D eigenvalue weighted by Gasteiger charge is 2.27. The fourth-order valence-electron chi connectivity index (χ4n) is 4.18. The van der Waals surface area contributed by atoms with E-state index in [1.165, 1.54) is 0 Å². The molecule has 1 saturated heterocycles. The maximum absolute atomic E-state index is 13.2. The summed E-state index contributed by atoms with van der Waals surface area (Å²) in [5, 5.41) is 2.95. The highest BCUT2D eigenvalue weighted by molar-refractivity contribution is 7.89. The Labute approximate surface area is 204 Å². The maximum Gasteiger partial charge on any atom is 0.242 e. The van der Waals surface area contributed by atoms with Gasteiger partial charge < -0.3 is 15.1 Å². The summed E-state index contributed by atoms with van der Waals surface area (Å²) in [6.07, 6.45) is 0.399. The summed E-state index contributed by atoms with van der Waals surface area (Å²) in [5.41, 5.74) is 3.77. The Morgan fingerprint density at radius 3 is 2.21 bits per heavy atom. The van der Waals surface area contributed by atoms with Gasteiger partial charge in [0.2, 0.25) is 15.9 Å². The number of carbonyl (C=O) groups is 1. The van der Waals surface area contributed by atoms with Gasteiger partial charge >= 0.3 is 0 Å². The van der Waals surface area contributed by atoms with E-state index in [1.54, 1.807) is 24.3 Å². The van der Waals surface area contributed by atoms with E-state index in [0.29, 0.717) is 12.1 Å². The van der Waals surface area contributed by atoms with Crippen molar-refractivity contribution in [3.8, 4) is 0 Å². The highest BCUT2D eigenvalue weighted by atomic mass is 32.2. The first-order valence-electron chi connectivity index (χ1n) is 12.1. The Hall–Kier alpha value is -2.42. The molecule has 0 saturated carbocycles. The molecule has 2 N–H and O–H groups in total. The Balaban J connectivity index is 1.72. The van der Waals surface area contributed by atoms with Crippen LogP contribution in [0.25, 0.3) is 0 Å². The Morgan fingerprint density at radius 1 is 1.00 bits per heavy atom. The Bertz CT molecular complexity index is 1080. The van der Waals surface area contributed by atoms with Gasteiger partial charge in [-0.25, -0.2) is 8.42 Å². The number of benzene rings is 2. The van der Waals surface area contributed by atoms with Crippen LogP contribution in [0.4, 0.5) is 11.4 Å². The predicted octanol–water partition coefficient (Wildman–Crippen LogP) is 3.78. The molecule has 1 heterocycles. The molecule has 1 aliphatic rings. The van der Waals surface area contributed by atoms with Crippen LogP contribution in [0.2, 0.25) is 0 Å². The molecule has 2 aromatic rings. The third kappa shape index (κ3) is 6.81. The van der Waals surface area contributed by atoms with E-state index >= 15 is 0 Å². The van der Waals surface area contributed by atoms with E-state index in [4.69, 9.17) is 0 Å². The topological polar surface area (TPSA) is 81.8 Å². The van der Waals surface area contributed by atoms with Crippen molar-refractivity contribution in [2.45, 2.75) is 52.0 Å². The van der Waals surface area contributed by atoms with Crippen molar-refractivity contribution < 1.29 is 13.2 Å². The molecule has 1 unspecified atom stereocenters. The number of nitrogens with one attached hydrogen (secondary N) is 2. The largest absolute Gasteiger partial charge is 0.369 e. The number of nitrogens with zero attached hydrogens (tertiary/aromatic N) is 2. The highest BCUT2D eigenvalue weighted by Crippen LogP contribution is 2.24. The number of sulfonamides is 1. The molecule has 0 aliphatic carbocycles. The van der Waals surface area contributed by atoms with Crippen LogP contribution in [-0.4, -0.2) is 58.0 Å². The molecular weight excluding hydrogens is 448 g/mol. The molecular formula is C26H38N4O3S. The number of aryl methyl sites for hydroxylation is 2. The molecule has 1 aliphatic heterocycles. The summed E-state index contributed by atoms with van der Waals surface area (Å²) < 4.78 is 28.5. The number of hydrogen-bond donors (Lipinski definition) is 2. The smallest absolute Gasteiger partial charge is 0.242 e. The number of amides is 1. The third-order valence-corrected chi connectivity index (χ3v) is 7.79. The van der Waals surface area contributed by atoms with Gasteiger partial charge in [-0.1, -0.05) is 38.5 Å². The minimum atomic E-state index is -3.82. The van der Waals surface area contributed by atoms with Crippen LogP contribution in [0.3, 0.4) is 0 Å². The number of carbonyl (C=O) groups excluding carboxylic acids is 1. The second-order valence-electron chi connectivity index (χ2n) is 9.53. The molecule has 1 atom stereocenters. The SMILES string of the molecule is CCN1CCN(c2ccc(NC(=O)C(CC(C)C)NS(=O)(=O)c3ccc(C)cc3)c(C)c2)CC1. The predicted molar refractivity (Wildman–Crippen MR) is 139 cm³/mol. The van der Waals surface area contributed by atoms with Crippen molar-refractivity contribution in [1.82, 2.24) is 9.62 Å². The van der Waals surface area contributed by atoms with Gasteiger partial charge in [0.25, 0.3) is 0 Å². The summed E-state index contributed by atoms with van der Waals surface area (Å²) >= 11 is 0. The molecule has 2 aromatic carbocycles. The number of likely N-dealkylation sites (N-methyl/N-ethyl adjacent to an activating group) is 1. The van der Waals surface area contributed by atoms with E-state index in [-0.39, 0.29) is 16.7 Å². The zero-order valence-corrected chi connectivity index (χ0v) is 21.8. The molecule has 0 bridgehead atoms. The van der Waals surface area contributed by atoms with Gasteiger partial charge in [0.05, 0.1) is 4.90 Å².